The molecule has 0 N–H and O–H groups in total. The number of ether oxygens (including phenoxy) is 3. The van der Waals surface area contributed by atoms with Crippen LogP contribution in [0.1, 0.15) is 65.7 Å². The fraction of sp³-hybridized carbons (Fsp3) is 0.542. The van der Waals surface area contributed by atoms with Crippen LogP contribution in [0.2, 0.25) is 0 Å². The number of hydrogen-bond acceptors (Lipinski definition) is 6. The summed E-state index contributed by atoms with van der Waals surface area (Å²) < 4.78 is 16.5. The lowest BCUT2D eigenvalue weighted by Gasteiger charge is -2.12. The van der Waals surface area contributed by atoms with Crippen molar-refractivity contribution in [2.45, 2.75) is 71.8 Å². The van der Waals surface area contributed by atoms with E-state index in [1.165, 1.54) is 25.7 Å². The second-order valence-electron chi connectivity index (χ2n) is 7.32. The van der Waals surface area contributed by atoms with Gasteiger partial charge in [-0.25, -0.2) is 14.8 Å². The first-order chi connectivity index (χ1) is 14.6. The van der Waals surface area contributed by atoms with Crippen LogP contribution in [0.5, 0.6) is 11.5 Å². The molecule has 30 heavy (non-hydrogen) atoms. The molecule has 1 atom stereocenters. The molecule has 0 radical (unpaired) electrons. The Morgan fingerprint density at radius 1 is 0.867 bits per heavy atom. The third-order valence-electron chi connectivity index (χ3n) is 4.67. The Bertz CT molecular complexity index is 732. The molecule has 0 aliphatic rings. The Kier molecular flexibility index (Phi) is 10.9. The average molecular weight is 415 g/mol. The normalized spacial score (nSPS) is 11.8. The topological polar surface area (TPSA) is 70.5 Å². The zero-order chi connectivity index (χ0) is 21.6. The quantitative estimate of drug-likeness (QED) is 0.227. The van der Waals surface area contributed by atoms with E-state index in [0.717, 1.165) is 24.8 Å². The van der Waals surface area contributed by atoms with Gasteiger partial charge in [0, 0.05) is 12.2 Å². The molecule has 0 aliphatic carbocycles. The molecule has 1 aromatic heterocycles. The summed E-state index contributed by atoms with van der Waals surface area (Å²) in [7, 11) is 0. The number of carbonyl (C=O) groups excluding carboxylic acids is 1. The number of unbranched alkanes of at least 4 members (excludes halogenated alkanes) is 5. The molecule has 1 unspecified atom stereocenters. The molecular formula is C24H34N2O4. The molecule has 0 saturated carbocycles. The Balaban J connectivity index is 1.80. The van der Waals surface area contributed by atoms with Crippen molar-refractivity contribution in [1.29, 1.82) is 0 Å². The summed E-state index contributed by atoms with van der Waals surface area (Å²) in [4.78, 5) is 20.8. The van der Waals surface area contributed by atoms with Gasteiger partial charge in [0.1, 0.15) is 5.75 Å². The molecule has 2 aromatic rings. The lowest BCUT2D eigenvalue weighted by Crippen LogP contribution is -2.26. The average Bonchev–Trinajstić information content (AvgIpc) is 2.77. The van der Waals surface area contributed by atoms with Crippen LogP contribution in [0.15, 0.2) is 36.7 Å². The Labute approximate surface area is 180 Å². The first-order valence-electron chi connectivity index (χ1n) is 11.0. The summed E-state index contributed by atoms with van der Waals surface area (Å²) in [5, 5.41) is 0. The molecule has 0 aliphatic heterocycles. The van der Waals surface area contributed by atoms with Crippen molar-refractivity contribution in [2.75, 3.05) is 13.2 Å². The van der Waals surface area contributed by atoms with Crippen LogP contribution in [0.3, 0.4) is 0 Å². The van der Waals surface area contributed by atoms with Crippen LogP contribution >= 0.6 is 0 Å². The zero-order valence-corrected chi connectivity index (χ0v) is 18.4. The maximum Gasteiger partial charge on any atom is 0.340 e. The van der Waals surface area contributed by atoms with Gasteiger partial charge in [-0.1, -0.05) is 46.0 Å². The molecule has 1 aromatic carbocycles. The fourth-order valence-corrected chi connectivity index (χ4v) is 2.78. The van der Waals surface area contributed by atoms with E-state index in [1.54, 1.807) is 31.5 Å². The Morgan fingerprint density at radius 3 is 2.20 bits per heavy atom. The number of carbonyl (C=O) groups is 1. The van der Waals surface area contributed by atoms with E-state index in [4.69, 9.17) is 14.2 Å². The Morgan fingerprint density at radius 2 is 1.53 bits per heavy atom. The molecule has 0 fully saturated rings. The van der Waals surface area contributed by atoms with E-state index in [1.807, 2.05) is 12.1 Å². The molecule has 0 bridgehead atoms. The lowest BCUT2D eigenvalue weighted by molar-refractivity contribution is -0.146. The summed E-state index contributed by atoms with van der Waals surface area (Å²) in [6.45, 7) is 7.23. The molecule has 164 valence electrons. The van der Waals surface area contributed by atoms with E-state index in [0.29, 0.717) is 30.5 Å². The molecule has 0 saturated heterocycles. The molecular weight excluding hydrogens is 380 g/mol. The number of hydrogen-bond donors (Lipinski definition) is 0. The first-order valence-corrected chi connectivity index (χ1v) is 11.0. The predicted molar refractivity (Wildman–Crippen MR) is 118 cm³/mol. The number of aromatic nitrogens is 2. The highest BCUT2D eigenvalue weighted by Crippen LogP contribution is 2.21. The highest BCUT2D eigenvalue weighted by Gasteiger charge is 2.15. The number of benzene rings is 1. The van der Waals surface area contributed by atoms with Gasteiger partial charge in [-0.05, 0) is 44.0 Å². The summed E-state index contributed by atoms with van der Waals surface area (Å²) >= 11 is 0. The Hall–Kier alpha value is -2.47. The monoisotopic (exact) mass is 414 g/mol. The van der Waals surface area contributed by atoms with E-state index in [2.05, 4.69) is 23.8 Å². The van der Waals surface area contributed by atoms with E-state index < -0.39 is 12.1 Å². The molecule has 0 spiro atoms. The maximum absolute atomic E-state index is 12.1. The predicted octanol–water partition coefficient (Wildman–Crippen LogP) is 5.60. The lowest BCUT2D eigenvalue weighted by atomic mass is 10.2. The molecule has 2 rings (SSSR count). The standard InChI is InChI=1S/C24H34N2O4/c1-4-6-8-9-10-16-29-22-17-25-23(26-18-22)20-11-13-21(14-12-20)30-24(27)19(3)28-15-7-5-2/h11-14,17-19H,4-10,15-16H2,1-3H3. The van der Waals surface area contributed by atoms with Crippen LogP contribution in [0.25, 0.3) is 11.4 Å². The minimum absolute atomic E-state index is 0.397. The van der Waals surface area contributed by atoms with Gasteiger partial charge in [0.05, 0.1) is 19.0 Å². The summed E-state index contributed by atoms with van der Waals surface area (Å²) in [6.07, 6.45) is 10.8. The number of nitrogens with zero attached hydrogens (tertiary/aromatic N) is 2. The van der Waals surface area contributed by atoms with Crippen molar-refractivity contribution in [3.8, 4) is 22.9 Å². The van der Waals surface area contributed by atoms with Gasteiger partial charge in [0.25, 0.3) is 0 Å². The van der Waals surface area contributed by atoms with Gasteiger partial charge >= 0.3 is 5.97 Å². The zero-order valence-electron chi connectivity index (χ0n) is 18.4. The minimum atomic E-state index is -0.584. The van der Waals surface area contributed by atoms with Crippen molar-refractivity contribution in [2.24, 2.45) is 0 Å². The second kappa shape index (κ2) is 13.7. The number of rotatable bonds is 14. The molecule has 0 amide bonds. The van der Waals surface area contributed by atoms with Crippen LogP contribution in [-0.2, 0) is 9.53 Å². The highest BCUT2D eigenvalue weighted by molar-refractivity contribution is 5.77. The minimum Gasteiger partial charge on any atom is -0.490 e. The highest BCUT2D eigenvalue weighted by atomic mass is 16.6. The van der Waals surface area contributed by atoms with Crippen LogP contribution < -0.4 is 9.47 Å². The smallest absolute Gasteiger partial charge is 0.340 e. The van der Waals surface area contributed by atoms with E-state index in [-0.39, 0.29) is 0 Å². The van der Waals surface area contributed by atoms with Crippen molar-refractivity contribution in [3.05, 3.63) is 36.7 Å². The first kappa shape index (κ1) is 23.8. The van der Waals surface area contributed by atoms with Crippen molar-refractivity contribution in [3.63, 3.8) is 0 Å². The van der Waals surface area contributed by atoms with Crippen LogP contribution in [0, 0.1) is 0 Å². The molecule has 6 nitrogen and oxygen atoms in total. The van der Waals surface area contributed by atoms with E-state index in [9.17, 15) is 4.79 Å². The van der Waals surface area contributed by atoms with Crippen molar-refractivity contribution in [1.82, 2.24) is 9.97 Å². The van der Waals surface area contributed by atoms with Gasteiger partial charge in [-0.15, -0.1) is 0 Å². The van der Waals surface area contributed by atoms with Gasteiger partial charge in [-0.3, -0.25) is 0 Å². The van der Waals surface area contributed by atoms with Crippen molar-refractivity contribution < 1.29 is 19.0 Å². The number of esters is 1. The van der Waals surface area contributed by atoms with Gasteiger partial charge in [0.15, 0.2) is 17.7 Å². The van der Waals surface area contributed by atoms with E-state index >= 15 is 0 Å². The third-order valence-corrected chi connectivity index (χ3v) is 4.67. The second-order valence-corrected chi connectivity index (χ2v) is 7.32. The summed E-state index contributed by atoms with van der Waals surface area (Å²) in [5.74, 6) is 1.35. The molecule has 6 heteroatoms. The van der Waals surface area contributed by atoms with Crippen LogP contribution in [0.4, 0.5) is 0 Å². The summed E-state index contributed by atoms with van der Waals surface area (Å²) in [5.41, 5.74) is 0.841. The fourth-order valence-electron chi connectivity index (χ4n) is 2.78. The SMILES string of the molecule is CCCCCCCOc1cnc(-c2ccc(OC(=O)C(C)OCCCC)cc2)nc1. The maximum atomic E-state index is 12.1. The van der Waals surface area contributed by atoms with Crippen LogP contribution in [-0.4, -0.2) is 35.3 Å². The van der Waals surface area contributed by atoms with Gasteiger partial charge in [0.2, 0.25) is 0 Å². The third kappa shape index (κ3) is 8.49. The summed E-state index contributed by atoms with van der Waals surface area (Å²) in [6, 6.07) is 7.12. The van der Waals surface area contributed by atoms with Gasteiger partial charge in [-0.2, -0.15) is 0 Å². The van der Waals surface area contributed by atoms with Gasteiger partial charge < -0.3 is 14.2 Å². The largest absolute Gasteiger partial charge is 0.490 e. The molecule has 1 heterocycles. The van der Waals surface area contributed by atoms with Crippen molar-refractivity contribution >= 4 is 5.97 Å².